The molecule has 0 radical (unpaired) electrons. The van der Waals surface area contributed by atoms with Crippen LogP contribution < -0.4 is 4.74 Å². The Morgan fingerprint density at radius 1 is 1.40 bits per heavy atom. The van der Waals surface area contributed by atoms with E-state index >= 15 is 0 Å². The van der Waals surface area contributed by atoms with E-state index in [1.54, 1.807) is 24.3 Å². The summed E-state index contributed by atoms with van der Waals surface area (Å²) in [4.78, 5) is 11.0. The van der Waals surface area contributed by atoms with Crippen molar-refractivity contribution in [2.75, 3.05) is 6.61 Å². The first kappa shape index (κ1) is 11.7. The molecule has 0 spiro atoms. The molecule has 0 aliphatic heterocycles. The highest BCUT2D eigenvalue weighted by Gasteiger charge is 2.01. The van der Waals surface area contributed by atoms with E-state index in [0.717, 1.165) is 0 Å². The fourth-order valence-electron chi connectivity index (χ4n) is 1.13. The van der Waals surface area contributed by atoms with Crippen molar-refractivity contribution in [1.29, 1.82) is 0 Å². The number of benzene rings is 1. The molecular formula is C12H15FO2. The maximum atomic E-state index is 12.4. The minimum absolute atomic E-state index is 0.0268. The molecule has 0 bridgehead atoms. The fraction of sp³-hybridized carbons (Fsp3) is 0.417. The molecule has 0 amide bonds. The van der Waals surface area contributed by atoms with Crippen molar-refractivity contribution < 1.29 is 13.9 Å². The van der Waals surface area contributed by atoms with Crippen molar-refractivity contribution >= 4 is 5.78 Å². The molecule has 1 atom stereocenters. The van der Waals surface area contributed by atoms with Crippen LogP contribution in [0.15, 0.2) is 24.3 Å². The van der Waals surface area contributed by atoms with Gasteiger partial charge in [0, 0.05) is 12.0 Å². The molecule has 0 saturated carbocycles. The summed E-state index contributed by atoms with van der Waals surface area (Å²) < 4.78 is 17.7. The fourth-order valence-corrected chi connectivity index (χ4v) is 1.13. The number of Topliss-reactive ketones (excluding diaryl/α,β-unsaturated/α-hetero) is 1. The molecule has 1 rings (SSSR count). The van der Waals surface area contributed by atoms with Crippen LogP contribution in [0.25, 0.3) is 0 Å². The zero-order chi connectivity index (χ0) is 11.3. The van der Waals surface area contributed by atoms with E-state index in [4.69, 9.17) is 4.74 Å². The number of carbonyl (C=O) groups excluding carboxylic acids is 1. The number of hydrogen-bond acceptors (Lipinski definition) is 2. The first-order valence-corrected chi connectivity index (χ1v) is 4.97. The van der Waals surface area contributed by atoms with Crippen molar-refractivity contribution in [2.24, 2.45) is 0 Å². The molecule has 0 aromatic heterocycles. The summed E-state index contributed by atoms with van der Waals surface area (Å²) in [6.45, 7) is 3.37. The van der Waals surface area contributed by atoms with E-state index < -0.39 is 6.17 Å². The summed E-state index contributed by atoms with van der Waals surface area (Å²) in [6.07, 6.45) is -0.462. The van der Waals surface area contributed by atoms with Crippen molar-refractivity contribution in [3.63, 3.8) is 0 Å². The minimum atomic E-state index is -0.846. The Morgan fingerprint density at radius 2 is 2.00 bits per heavy atom. The van der Waals surface area contributed by atoms with Gasteiger partial charge in [-0.2, -0.15) is 0 Å². The monoisotopic (exact) mass is 210 g/mol. The van der Waals surface area contributed by atoms with Gasteiger partial charge < -0.3 is 4.74 Å². The van der Waals surface area contributed by atoms with Crippen LogP contribution in [0.3, 0.4) is 0 Å². The number of carbonyl (C=O) groups is 1. The SMILES string of the molecule is CC(=O)c1ccc(OCCC(C)F)cc1. The zero-order valence-electron chi connectivity index (χ0n) is 9.00. The number of halogens is 1. The highest BCUT2D eigenvalue weighted by Crippen LogP contribution is 2.13. The average Bonchev–Trinajstić information content (AvgIpc) is 2.18. The molecule has 3 heteroatoms. The molecular weight excluding hydrogens is 195 g/mol. The Hall–Kier alpha value is -1.38. The van der Waals surface area contributed by atoms with Gasteiger partial charge in [-0.3, -0.25) is 4.79 Å². The highest BCUT2D eigenvalue weighted by atomic mass is 19.1. The lowest BCUT2D eigenvalue weighted by atomic mass is 10.1. The van der Waals surface area contributed by atoms with E-state index in [2.05, 4.69) is 0 Å². The van der Waals surface area contributed by atoms with E-state index in [1.165, 1.54) is 13.8 Å². The minimum Gasteiger partial charge on any atom is -0.493 e. The third-order valence-electron chi connectivity index (χ3n) is 2.05. The van der Waals surface area contributed by atoms with Crippen LogP contribution in [-0.2, 0) is 0 Å². The Kier molecular flexibility index (Phi) is 4.28. The molecule has 0 aliphatic carbocycles. The quantitative estimate of drug-likeness (QED) is 0.698. The van der Waals surface area contributed by atoms with Crippen LogP contribution >= 0.6 is 0 Å². The van der Waals surface area contributed by atoms with Gasteiger partial charge in [0.15, 0.2) is 5.78 Å². The van der Waals surface area contributed by atoms with Crippen molar-refractivity contribution in [3.05, 3.63) is 29.8 Å². The average molecular weight is 210 g/mol. The van der Waals surface area contributed by atoms with Gasteiger partial charge in [0.1, 0.15) is 11.9 Å². The van der Waals surface area contributed by atoms with Gasteiger partial charge in [0.25, 0.3) is 0 Å². The second-order valence-electron chi connectivity index (χ2n) is 3.50. The molecule has 0 heterocycles. The van der Waals surface area contributed by atoms with E-state index in [-0.39, 0.29) is 5.78 Å². The molecule has 1 aromatic carbocycles. The third kappa shape index (κ3) is 4.11. The summed E-state index contributed by atoms with van der Waals surface area (Å²) in [7, 11) is 0. The molecule has 1 unspecified atom stereocenters. The van der Waals surface area contributed by atoms with Gasteiger partial charge in [-0.05, 0) is 38.1 Å². The number of rotatable bonds is 5. The van der Waals surface area contributed by atoms with E-state index in [0.29, 0.717) is 24.3 Å². The van der Waals surface area contributed by atoms with E-state index in [9.17, 15) is 9.18 Å². The van der Waals surface area contributed by atoms with Crippen LogP contribution in [0, 0.1) is 0 Å². The molecule has 0 aliphatic rings. The van der Waals surface area contributed by atoms with Crippen molar-refractivity contribution in [1.82, 2.24) is 0 Å². The molecule has 1 aromatic rings. The molecule has 15 heavy (non-hydrogen) atoms. The van der Waals surface area contributed by atoms with Crippen LogP contribution in [0.2, 0.25) is 0 Å². The first-order chi connectivity index (χ1) is 7.09. The first-order valence-electron chi connectivity index (χ1n) is 4.97. The second kappa shape index (κ2) is 5.49. The largest absolute Gasteiger partial charge is 0.493 e. The lowest BCUT2D eigenvalue weighted by Gasteiger charge is -2.06. The topological polar surface area (TPSA) is 26.3 Å². The number of hydrogen-bond donors (Lipinski definition) is 0. The standard InChI is InChI=1S/C12H15FO2/c1-9(13)7-8-15-12-5-3-11(4-6-12)10(2)14/h3-6,9H,7-8H2,1-2H3. The second-order valence-corrected chi connectivity index (χ2v) is 3.50. The Bertz CT molecular complexity index is 317. The summed E-state index contributed by atoms with van der Waals surface area (Å²) in [5.74, 6) is 0.694. The summed E-state index contributed by atoms with van der Waals surface area (Å²) in [5, 5.41) is 0. The zero-order valence-corrected chi connectivity index (χ0v) is 9.00. The van der Waals surface area contributed by atoms with Crippen LogP contribution in [-0.4, -0.2) is 18.6 Å². The normalized spacial score (nSPS) is 12.2. The van der Waals surface area contributed by atoms with Crippen molar-refractivity contribution in [2.45, 2.75) is 26.4 Å². The summed E-state index contributed by atoms with van der Waals surface area (Å²) in [6, 6.07) is 6.85. The Balaban J connectivity index is 2.46. The van der Waals surface area contributed by atoms with Gasteiger partial charge in [0.05, 0.1) is 6.61 Å². The predicted molar refractivity (Wildman–Crippen MR) is 57.1 cm³/mol. The Morgan fingerprint density at radius 3 is 2.47 bits per heavy atom. The molecule has 0 saturated heterocycles. The lowest BCUT2D eigenvalue weighted by molar-refractivity contribution is 0.101. The summed E-state index contributed by atoms with van der Waals surface area (Å²) in [5.41, 5.74) is 0.654. The van der Waals surface area contributed by atoms with Gasteiger partial charge in [-0.1, -0.05) is 0 Å². The number of alkyl halides is 1. The van der Waals surface area contributed by atoms with Gasteiger partial charge in [-0.25, -0.2) is 4.39 Å². The molecule has 82 valence electrons. The number of ketones is 1. The lowest BCUT2D eigenvalue weighted by Crippen LogP contribution is -2.04. The smallest absolute Gasteiger partial charge is 0.159 e. The van der Waals surface area contributed by atoms with Gasteiger partial charge in [0.2, 0.25) is 0 Å². The van der Waals surface area contributed by atoms with Gasteiger partial charge in [-0.15, -0.1) is 0 Å². The van der Waals surface area contributed by atoms with E-state index in [1.807, 2.05) is 0 Å². The summed E-state index contributed by atoms with van der Waals surface area (Å²) >= 11 is 0. The third-order valence-corrected chi connectivity index (χ3v) is 2.05. The molecule has 0 fully saturated rings. The van der Waals surface area contributed by atoms with Crippen LogP contribution in [0.4, 0.5) is 4.39 Å². The maximum absolute atomic E-state index is 12.4. The maximum Gasteiger partial charge on any atom is 0.159 e. The molecule has 0 N–H and O–H groups in total. The van der Waals surface area contributed by atoms with Crippen LogP contribution in [0.5, 0.6) is 5.75 Å². The predicted octanol–water partition coefficient (Wildman–Crippen LogP) is 3.02. The van der Waals surface area contributed by atoms with Crippen molar-refractivity contribution in [3.8, 4) is 5.75 Å². The van der Waals surface area contributed by atoms with Gasteiger partial charge >= 0.3 is 0 Å². The number of ether oxygens (including phenoxy) is 1. The molecule has 2 nitrogen and oxygen atoms in total. The van der Waals surface area contributed by atoms with Crippen LogP contribution in [0.1, 0.15) is 30.6 Å². The highest BCUT2D eigenvalue weighted by molar-refractivity contribution is 5.94. The Labute approximate surface area is 89.1 Å².